The summed E-state index contributed by atoms with van der Waals surface area (Å²) in [7, 11) is 0. The lowest BCUT2D eigenvalue weighted by atomic mass is 10.0. The van der Waals surface area contributed by atoms with Gasteiger partial charge in [-0.15, -0.1) is 0 Å². The Bertz CT molecular complexity index is 1320. The molecule has 0 aromatic heterocycles. The van der Waals surface area contributed by atoms with E-state index >= 15 is 0 Å². The van der Waals surface area contributed by atoms with Crippen LogP contribution >= 0.6 is 11.8 Å². The van der Waals surface area contributed by atoms with Crippen LogP contribution in [-0.4, -0.2) is 132 Å². The first-order valence-corrected chi connectivity index (χ1v) is 20.2. The summed E-state index contributed by atoms with van der Waals surface area (Å²) in [4.78, 5) is 95.9. The van der Waals surface area contributed by atoms with E-state index in [1.165, 1.54) is 11.8 Å². The van der Waals surface area contributed by atoms with Gasteiger partial charge in [0, 0.05) is 6.54 Å². The van der Waals surface area contributed by atoms with Crippen molar-refractivity contribution in [2.45, 2.75) is 122 Å². The molecule has 0 saturated carbocycles. The third-order valence-corrected chi connectivity index (χ3v) is 8.86. The highest BCUT2D eigenvalue weighted by Crippen LogP contribution is 2.11. The summed E-state index contributed by atoms with van der Waals surface area (Å²) in [6, 6.07) is -8.52. The maximum Gasteiger partial charge on any atom is 0.245 e. The summed E-state index contributed by atoms with van der Waals surface area (Å²) in [6.07, 6.45) is 2.78. The average Bonchev–Trinajstić information content (AvgIpc) is 3.10. The lowest BCUT2D eigenvalue weighted by molar-refractivity contribution is -0.136. The molecule has 0 saturated heterocycles. The normalized spacial score (nSPS) is 15.0. The first-order chi connectivity index (χ1) is 26.2. The lowest BCUT2D eigenvalue weighted by Crippen LogP contribution is -2.60. The Morgan fingerprint density at radius 2 is 0.929 bits per heavy atom. The molecule has 0 rings (SSSR count). The highest BCUT2D eigenvalue weighted by molar-refractivity contribution is 7.98. The standard InChI is InChI=1S/C35H67N11O9S/c1-18(2)13-24(28(37)49)43-30(51)22(9-8-11-40-35(38)39)41-32(53)26(15-20(5)6)45-31(52)23(10-12-56-7)42-34(55)27(17-48)46-33(54)25(14-19(3)4)44-29(50)21(36)16-47/h18-27,47-48H,8-17,36H2,1-7H3,(H2,37,49)(H,41,53)(H,42,55)(H,43,51)(H,44,50)(H,45,52)(H,46,54)(H4,38,39,40). The smallest absolute Gasteiger partial charge is 0.245 e. The molecule has 7 amide bonds. The van der Waals surface area contributed by atoms with Crippen LogP contribution in [0.5, 0.6) is 0 Å². The number of hydrogen-bond acceptors (Lipinski definition) is 12. The zero-order valence-corrected chi connectivity index (χ0v) is 34.6. The third kappa shape index (κ3) is 21.2. The molecule has 7 atom stereocenters. The average molecular weight is 818 g/mol. The highest BCUT2D eigenvalue weighted by Gasteiger charge is 2.34. The number of rotatable bonds is 28. The first kappa shape index (κ1) is 51.8. The van der Waals surface area contributed by atoms with Crippen LogP contribution in [0, 0.1) is 17.8 Å². The second-order valence-electron chi connectivity index (χ2n) is 14.9. The fourth-order valence-electron chi connectivity index (χ4n) is 5.32. The number of amides is 7. The summed E-state index contributed by atoms with van der Waals surface area (Å²) in [5.41, 5.74) is 21.9. The summed E-state index contributed by atoms with van der Waals surface area (Å²) in [6.45, 7) is 9.59. The topological polar surface area (TPSA) is 349 Å². The van der Waals surface area contributed by atoms with Gasteiger partial charge in [0.05, 0.1) is 13.2 Å². The van der Waals surface area contributed by atoms with Crippen LogP contribution in [0.4, 0.5) is 0 Å². The molecule has 322 valence electrons. The van der Waals surface area contributed by atoms with E-state index in [2.05, 4.69) is 36.9 Å². The van der Waals surface area contributed by atoms with Gasteiger partial charge in [-0.3, -0.25) is 38.6 Å². The number of primary amides is 1. The summed E-state index contributed by atoms with van der Waals surface area (Å²) in [5.74, 6) is -5.28. The molecule has 0 bridgehead atoms. The molecule has 0 heterocycles. The van der Waals surface area contributed by atoms with Crippen LogP contribution in [0.1, 0.15) is 80.1 Å². The van der Waals surface area contributed by atoms with Crippen molar-refractivity contribution >= 4 is 59.1 Å². The molecule has 0 aromatic carbocycles. The molecule has 0 spiro atoms. The molecular weight excluding hydrogens is 751 g/mol. The van der Waals surface area contributed by atoms with Crippen molar-refractivity contribution in [3.05, 3.63) is 0 Å². The van der Waals surface area contributed by atoms with Crippen LogP contribution in [0.25, 0.3) is 0 Å². The van der Waals surface area contributed by atoms with Gasteiger partial charge >= 0.3 is 0 Å². The van der Waals surface area contributed by atoms with Gasteiger partial charge in [-0.05, 0) is 68.3 Å². The molecule has 56 heavy (non-hydrogen) atoms. The van der Waals surface area contributed by atoms with E-state index in [1.807, 2.05) is 27.7 Å². The Labute approximate surface area is 334 Å². The van der Waals surface area contributed by atoms with Crippen molar-refractivity contribution in [3.63, 3.8) is 0 Å². The van der Waals surface area contributed by atoms with Crippen molar-refractivity contribution in [1.82, 2.24) is 31.9 Å². The lowest BCUT2D eigenvalue weighted by Gasteiger charge is -2.28. The molecule has 16 N–H and O–H groups in total. The Morgan fingerprint density at radius 1 is 0.554 bits per heavy atom. The number of hydrogen-bond donors (Lipinski definition) is 12. The van der Waals surface area contributed by atoms with E-state index in [4.69, 9.17) is 22.9 Å². The minimum atomic E-state index is -1.53. The van der Waals surface area contributed by atoms with Crippen LogP contribution in [0.15, 0.2) is 4.99 Å². The van der Waals surface area contributed by atoms with Gasteiger partial charge in [-0.25, -0.2) is 0 Å². The largest absolute Gasteiger partial charge is 0.394 e. The second-order valence-corrected chi connectivity index (χ2v) is 15.8. The van der Waals surface area contributed by atoms with E-state index in [0.29, 0.717) is 5.75 Å². The number of aliphatic imine (C=N–C) groups is 1. The fraction of sp³-hybridized carbons (Fsp3) is 0.771. The number of carbonyl (C=O) groups excluding carboxylic acids is 7. The minimum Gasteiger partial charge on any atom is -0.394 e. The second kappa shape index (κ2) is 27.4. The minimum absolute atomic E-state index is 0.0168. The van der Waals surface area contributed by atoms with Crippen molar-refractivity contribution in [3.8, 4) is 0 Å². The summed E-state index contributed by atoms with van der Waals surface area (Å²) < 4.78 is 0. The van der Waals surface area contributed by atoms with Crippen molar-refractivity contribution in [2.75, 3.05) is 31.8 Å². The van der Waals surface area contributed by atoms with E-state index < -0.39 is 96.9 Å². The van der Waals surface area contributed by atoms with Gasteiger partial charge < -0.3 is 65.0 Å². The van der Waals surface area contributed by atoms with Crippen molar-refractivity contribution in [2.24, 2.45) is 45.7 Å². The Morgan fingerprint density at radius 3 is 1.34 bits per heavy atom. The molecule has 0 aliphatic heterocycles. The first-order valence-electron chi connectivity index (χ1n) is 18.8. The molecule has 0 aliphatic rings. The van der Waals surface area contributed by atoms with Crippen LogP contribution in [0.2, 0.25) is 0 Å². The zero-order valence-electron chi connectivity index (χ0n) is 33.8. The number of nitrogens with one attached hydrogen (secondary N) is 6. The predicted molar refractivity (Wildman–Crippen MR) is 214 cm³/mol. The molecule has 0 aromatic rings. The van der Waals surface area contributed by atoms with Crippen LogP contribution in [0.3, 0.4) is 0 Å². The fourth-order valence-corrected chi connectivity index (χ4v) is 5.79. The van der Waals surface area contributed by atoms with E-state index in [-0.39, 0.29) is 68.8 Å². The van der Waals surface area contributed by atoms with Crippen molar-refractivity contribution < 1.29 is 43.8 Å². The summed E-state index contributed by atoms with van der Waals surface area (Å²) >= 11 is 1.39. The number of aliphatic hydroxyl groups is 2. The van der Waals surface area contributed by atoms with Crippen LogP contribution in [-0.2, 0) is 33.6 Å². The predicted octanol–water partition coefficient (Wildman–Crippen LogP) is -3.36. The molecular formula is C35H67N11O9S. The number of guanidine groups is 1. The molecule has 0 radical (unpaired) electrons. The maximum absolute atomic E-state index is 13.8. The number of thioether (sulfide) groups is 1. The maximum atomic E-state index is 13.8. The van der Waals surface area contributed by atoms with Gasteiger partial charge in [0.15, 0.2) is 5.96 Å². The van der Waals surface area contributed by atoms with Crippen LogP contribution < -0.4 is 54.8 Å². The van der Waals surface area contributed by atoms with Gasteiger partial charge in [-0.2, -0.15) is 11.8 Å². The van der Waals surface area contributed by atoms with Gasteiger partial charge in [0.25, 0.3) is 0 Å². The van der Waals surface area contributed by atoms with Gasteiger partial charge in [0.2, 0.25) is 41.4 Å². The SMILES string of the molecule is CSCCC(NC(=O)C(CO)NC(=O)C(CC(C)C)NC(=O)C(N)CO)C(=O)NC(CC(C)C)C(=O)NC(CCCN=C(N)N)C(=O)NC(CC(C)C)C(N)=O. The number of nitrogens with two attached hydrogens (primary N) is 4. The number of carbonyl (C=O) groups is 7. The quantitative estimate of drug-likeness (QED) is 0.0209. The zero-order chi connectivity index (χ0) is 43.1. The van der Waals surface area contributed by atoms with E-state index in [9.17, 15) is 43.8 Å². The van der Waals surface area contributed by atoms with E-state index in [1.54, 1.807) is 20.1 Å². The number of aliphatic hydroxyl groups excluding tert-OH is 2. The van der Waals surface area contributed by atoms with Gasteiger partial charge in [-0.1, -0.05) is 41.5 Å². The highest BCUT2D eigenvalue weighted by atomic mass is 32.2. The molecule has 7 unspecified atom stereocenters. The third-order valence-electron chi connectivity index (χ3n) is 8.22. The summed E-state index contributed by atoms with van der Waals surface area (Å²) in [5, 5.41) is 34.7. The Kier molecular flexibility index (Phi) is 25.3. The Balaban J connectivity index is 6.23. The van der Waals surface area contributed by atoms with E-state index in [0.717, 1.165) is 0 Å². The monoisotopic (exact) mass is 817 g/mol. The molecule has 0 aliphatic carbocycles. The number of nitrogens with zero attached hydrogens (tertiary/aromatic N) is 1. The molecule has 0 fully saturated rings. The molecule has 21 heteroatoms. The van der Waals surface area contributed by atoms with Crippen molar-refractivity contribution in [1.29, 1.82) is 0 Å². The van der Waals surface area contributed by atoms with Gasteiger partial charge in [0.1, 0.15) is 42.3 Å². The molecule has 20 nitrogen and oxygen atoms in total. The Hall–Kier alpha value is -4.21.